The highest BCUT2D eigenvalue weighted by atomic mass is 31.2. The van der Waals surface area contributed by atoms with Gasteiger partial charge in [-0.15, -0.1) is 0 Å². The van der Waals surface area contributed by atoms with Crippen molar-refractivity contribution < 1.29 is 42.1 Å². The van der Waals surface area contributed by atoms with Gasteiger partial charge in [0.15, 0.2) is 6.10 Å². The Morgan fingerprint density at radius 3 is 1.42 bits per heavy atom. The first kappa shape index (κ1) is 60.0. The van der Waals surface area contributed by atoms with Crippen LogP contribution in [0.15, 0.2) is 48.6 Å². The molecular formula is C52H97NO8P+. The van der Waals surface area contributed by atoms with Crippen molar-refractivity contribution in [1.29, 1.82) is 0 Å². The van der Waals surface area contributed by atoms with E-state index in [0.717, 1.165) is 38.5 Å². The van der Waals surface area contributed by atoms with Gasteiger partial charge in [-0.05, 0) is 51.4 Å². The fourth-order valence-corrected chi connectivity index (χ4v) is 7.68. The summed E-state index contributed by atoms with van der Waals surface area (Å²) >= 11 is 0. The number of carbonyl (C=O) groups is 2. The van der Waals surface area contributed by atoms with Gasteiger partial charge in [0.05, 0.1) is 27.7 Å². The summed E-state index contributed by atoms with van der Waals surface area (Å²) in [5.41, 5.74) is 0. The molecule has 0 aliphatic rings. The second kappa shape index (κ2) is 44.2. The maximum Gasteiger partial charge on any atom is 0.472 e. The maximum atomic E-state index is 12.6. The Kier molecular flexibility index (Phi) is 42.7. The molecule has 0 spiro atoms. The van der Waals surface area contributed by atoms with E-state index in [1.54, 1.807) is 6.08 Å². The van der Waals surface area contributed by atoms with Gasteiger partial charge < -0.3 is 18.9 Å². The van der Waals surface area contributed by atoms with E-state index in [1.807, 2.05) is 33.3 Å². The predicted octanol–water partition coefficient (Wildman–Crippen LogP) is 15.0. The fourth-order valence-electron chi connectivity index (χ4n) is 6.94. The first-order valence-electron chi connectivity index (χ1n) is 25.4. The molecule has 0 aliphatic heterocycles. The van der Waals surface area contributed by atoms with Gasteiger partial charge in [0.25, 0.3) is 0 Å². The number of phosphoric acid groups is 1. The largest absolute Gasteiger partial charge is 0.472 e. The van der Waals surface area contributed by atoms with Crippen molar-refractivity contribution in [2.24, 2.45) is 0 Å². The number of rotatable bonds is 46. The lowest BCUT2D eigenvalue weighted by Crippen LogP contribution is -2.37. The number of phosphoric ester groups is 1. The minimum Gasteiger partial charge on any atom is -0.462 e. The number of ether oxygens (including phenoxy) is 2. The van der Waals surface area contributed by atoms with E-state index in [9.17, 15) is 19.0 Å². The first-order chi connectivity index (χ1) is 30.0. The normalized spacial score (nSPS) is 13.8. The molecule has 0 bridgehead atoms. The molecule has 0 saturated heterocycles. The van der Waals surface area contributed by atoms with E-state index in [-0.39, 0.29) is 19.6 Å². The highest BCUT2D eigenvalue weighted by Crippen LogP contribution is 2.43. The summed E-state index contributed by atoms with van der Waals surface area (Å²) in [4.78, 5) is 35.3. The Bertz CT molecular complexity index is 1190. The minimum absolute atomic E-state index is 0.00962. The molecule has 62 heavy (non-hydrogen) atoms. The van der Waals surface area contributed by atoms with E-state index in [1.165, 1.54) is 160 Å². The van der Waals surface area contributed by atoms with Gasteiger partial charge in [-0.3, -0.25) is 13.8 Å². The zero-order chi connectivity index (χ0) is 45.7. The molecule has 1 N–H and O–H groups in total. The number of allylic oxidation sites excluding steroid dienone is 7. The Morgan fingerprint density at radius 1 is 0.532 bits per heavy atom. The molecule has 2 atom stereocenters. The highest BCUT2D eigenvalue weighted by Gasteiger charge is 2.26. The molecule has 0 aliphatic carbocycles. The van der Waals surface area contributed by atoms with Gasteiger partial charge in [0.2, 0.25) is 0 Å². The van der Waals surface area contributed by atoms with Crippen LogP contribution in [0.4, 0.5) is 0 Å². The molecule has 0 rings (SSSR count). The van der Waals surface area contributed by atoms with Crippen molar-refractivity contribution >= 4 is 19.8 Å². The predicted molar refractivity (Wildman–Crippen MR) is 261 cm³/mol. The lowest BCUT2D eigenvalue weighted by molar-refractivity contribution is -0.870. The van der Waals surface area contributed by atoms with Crippen molar-refractivity contribution in [3.8, 4) is 0 Å². The van der Waals surface area contributed by atoms with Crippen LogP contribution in [-0.4, -0.2) is 74.9 Å². The molecule has 362 valence electrons. The Hall–Kier alpha value is -2.03. The smallest absolute Gasteiger partial charge is 0.462 e. The molecule has 1 unspecified atom stereocenters. The summed E-state index contributed by atoms with van der Waals surface area (Å²) in [6.45, 7) is 4.28. The second-order valence-electron chi connectivity index (χ2n) is 18.3. The molecule has 0 fully saturated rings. The molecule has 0 aromatic carbocycles. The lowest BCUT2D eigenvalue weighted by Gasteiger charge is -2.24. The molecule has 9 nitrogen and oxygen atoms in total. The number of likely N-dealkylation sites (N-methyl/N-ethyl adjacent to an activating group) is 1. The van der Waals surface area contributed by atoms with E-state index in [2.05, 4.69) is 38.2 Å². The second-order valence-corrected chi connectivity index (χ2v) is 19.7. The average molecular weight is 895 g/mol. The quantitative estimate of drug-likeness (QED) is 0.0122. The summed E-state index contributed by atoms with van der Waals surface area (Å²) in [5, 5.41) is 0. The average Bonchev–Trinajstić information content (AvgIpc) is 3.23. The Balaban J connectivity index is 4.35. The molecule has 0 aromatic rings. The molecule has 0 amide bonds. The summed E-state index contributed by atoms with van der Waals surface area (Å²) in [6, 6.07) is 0. The summed E-state index contributed by atoms with van der Waals surface area (Å²) < 4.78 is 34.1. The van der Waals surface area contributed by atoms with Crippen molar-refractivity contribution in [3.63, 3.8) is 0 Å². The maximum absolute atomic E-state index is 12.6. The Labute approximate surface area is 382 Å². The van der Waals surface area contributed by atoms with Crippen LogP contribution in [0.5, 0.6) is 0 Å². The number of hydrogen-bond acceptors (Lipinski definition) is 7. The molecule has 0 heterocycles. The first-order valence-corrected chi connectivity index (χ1v) is 26.9. The Morgan fingerprint density at radius 2 is 0.952 bits per heavy atom. The third kappa shape index (κ3) is 47.4. The molecular weight excluding hydrogens is 798 g/mol. The monoisotopic (exact) mass is 895 g/mol. The van der Waals surface area contributed by atoms with Crippen molar-refractivity contribution in [2.45, 2.75) is 225 Å². The zero-order valence-electron chi connectivity index (χ0n) is 40.9. The van der Waals surface area contributed by atoms with Crippen molar-refractivity contribution in [2.75, 3.05) is 47.5 Å². The van der Waals surface area contributed by atoms with Gasteiger partial charge in [0, 0.05) is 12.5 Å². The van der Waals surface area contributed by atoms with Gasteiger partial charge in [-0.2, -0.15) is 0 Å². The van der Waals surface area contributed by atoms with Crippen LogP contribution in [0.3, 0.4) is 0 Å². The number of unbranched alkanes of at least 4 members (excludes halogenated alkanes) is 27. The van der Waals surface area contributed by atoms with E-state index in [4.69, 9.17) is 18.5 Å². The van der Waals surface area contributed by atoms with Crippen LogP contribution < -0.4 is 0 Å². The summed E-state index contributed by atoms with van der Waals surface area (Å²) in [7, 11) is 1.41. The molecule has 0 aromatic heterocycles. The van der Waals surface area contributed by atoms with E-state index >= 15 is 0 Å². The van der Waals surface area contributed by atoms with E-state index < -0.39 is 32.5 Å². The highest BCUT2D eigenvalue weighted by molar-refractivity contribution is 7.47. The van der Waals surface area contributed by atoms with Crippen molar-refractivity contribution in [1.82, 2.24) is 0 Å². The number of esters is 2. The number of quaternary nitrogens is 1. The zero-order valence-corrected chi connectivity index (χ0v) is 41.7. The van der Waals surface area contributed by atoms with Gasteiger partial charge in [0.1, 0.15) is 19.8 Å². The molecule has 0 radical (unpaired) electrons. The standard InChI is InChI=1S/C52H96NO8P/c1-6-8-10-12-14-16-18-20-22-23-24-25-26-27-28-29-31-32-34-36-38-40-42-44-51(54)58-48-50(49-60-62(56,57)59-47-46-53(3,4)5)61-52(55)45-43-41-39-37-35-33-30-21-19-17-15-13-11-9-7-2/h29,31,36,38-39,41,43,45,50H,6-28,30,32-35,37,40,42,44,46-49H2,1-5H3/p+1/b31-29+,38-36+,41-39+,45-43+/t50-/m0/s1. The lowest BCUT2D eigenvalue weighted by atomic mass is 10.0. The molecule has 10 heteroatoms. The third-order valence-corrected chi connectivity index (χ3v) is 11.9. The third-order valence-electron chi connectivity index (χ3n) is 10.9. The summed E-state index contributed by atoms with van der Waals surface area (Å²) in [6.07, 6.45) is 53.9. The van der Waals surface area contributed by atoms with Crippen LogP contribution in [0.25, 0.3) is 0 Å². The summed E-state index contributed by atoms with van der Waals surface area (Å²) in [5.74, 6) is -1.10. The SMILES string of the molecule is CCCCCCCCCCCCC/C=C/C=C/C(=O)O[C@@H](COC(=O)CCC/C=C/CC/C=C/CCCCCCCCCCCCCCCC)COP(=O)(O)OCC[N+](C)(C)C. The van der Waals surface area contributed by atoms with Gasteiger partial charge >= 0.3 is 19.8 Å². The minimum atomic E-state index is -4.41. The number of nitrogens with zero attached hydrogens (tertiary/aromatic N) is 1. The van der Waals surface area contributed by atoms with Crippen LogP contribution in [0.1, 0.15) is 219 Å². The van der Waals surface area contributed by atoms with Crippen LogP contribution >= 0.6 is 7.82 Å². The van der Waals surface area contributed by atoms with Crippen LogP contribution in [0, 0.1) is 0 Å². The van der Waals surface area contributed by atoms with Crippen LogP contribution in [0.2, 0.25) is 0 Å². The van der Waals surface area contributed by atoms with Gasteiger partial charge in [-0.25, -0.2) is 9.36 Å². The number of hydrogen-bond donors (Lipinski definition) is 1. The van der Waals surface area contributed by atoms with Crippen LogP contribution in [-0.2, 0) is 32.7 Å². The van der Waals surface area contributed by atoms with E-state index in [0.29, 0.717) is 17.4 Å². The topological polar surface area (TPSA) is 108 Å². The van der Waals surface area contributed by atoms with Crippen molar-refractivity contribution in [3.05, 3.63) is 48.6 Å². The number of carbonyl (C=O) groups excluding carboxylic acids is 2. The molecule has 0 saturated carbocycles. The van der Waals surface area contributed by atoms with Gasteiger partial charge in [-0.1, -0.05) is 204 Å². The fraction of sp³-hybridized carbons (Fsp3) is 0.808.